The zero-order valence-corrected chi connectivity index (χ0v) is 18.0. The summed E-state index contributed by atoms with van der Waals surface area (Å²) in [4.78, 5) is 17.0. The number of fused-ring (bicyclic) bond motifs is 1. The maximum atomic E-state index is 13.0. The van der Waals surface area contributed by atoms with Crippen molar-refractivity contribution < 1.29 is 9.21 Å². The van der Waals surface area contributed by atoms with E-state index in [0.717, 1.165) is 46.2 Å². The van der Waals surface area contributed by atoms with E-state index in [2.05, 4.69) is 11.0 Å². The van der Waals surface area contributed by atoms with Crippen molar-refractivity contribution in [2.24, 2.45) is 0 Å². The predicted octanol–water partition coefficient (Wildman–Crippen LogP) is 5.36. The summed E-state index contributed by atoms with van der Waals surface area (Å²) in [7, 11) is 4.04. The van der Waals surface area contributed by atoms with Gasteiger partial charge in [-0.3, -0.25) is 4.79 Å². The molecule has 0 atom stereocenters. The van der Waals surface area contributed by atoms with Gasteiger partial charge in [-0.25, -0.2) is 0 Å². The number of nitrogens with zero attached hydrogens (tertiary/aromatic N) is 2. The second kappa shape index (κ2) is 8.90. The number of furan rings is 1. The van der Waals surface area contributed by atoms with E-state index in [0.29, 0.717) is 18.7 Å². The summed E-state index contributed by atoms with van der Waals surface area (Å²) in [6.07, 6.45) is 4.74. The Hall–Kier alpha value is -2.82. The highest BCUT2D eigenvalue weighted by atomic mass is 35.5. The highest BCUT2D eigenvalue weighted by molar-refractivity contribution is 6.32. The molecule has 154 valence electrons. The topological polar surface area (TPSA) is 36.7 Å². The Morgan fingerprint density at radius 2 is 1.90 bits per heavy atom. The van der Waals surface area contributed by atoms with E-state index in [1.54, 1.807) is 0 Å². The van der Waals surface area contributed by atoms with Crippen molar-refractivity contribution in [1.82, 2.24) is 9.80 Å². The van der Waals surface area contributed by atoms with Gasteiger partial charge in [-0.1, -0.05) is 54.1 Å². The number of benzene rings is 2. The third-order valence-corrected chi connectivity index (χ3v) is 5.54. The summed E-state index contributed by atoms with van der Waals surface area (Å²) in [6, 6.07) is 17.5. The van der Waals surface area contributed by atoms with Crippen molar-refractivity contribution in [3.05, 3.63) is 93.4 Å². The van der Waals surface area contributed by atoms with Gasteiger partial charge in [-0.15, -0.1) is 0 Å². The Balaban J connectivity index is 1.43. The van der Waals surface area contributed by atoms with Crippen molar-refractivity contribution in [3.63, 3.8) is 0 Å². The normalized spacial score (nSPS) is 13.8. The Morgan fingerprint density at radius 1 is 1.13 bits per heavy atom. The van der Waals surface area contributed by atoms with Gasteiger partial charge >= 0.3 is 0 Å². The molecule has 0 aliphatic carbocycles. The minimum atomic E-state index is 0.0534. The third kappa shape index (κ3) is 4.66. The van der Waals surface area contributed by atoms with Crippen LogP contribution in [0.25, 0.3) is 12.2 Å². The highest BCUT2D eigenvalue weighted by Crippen LogP contribution is 2.25. The van der Waals surface area contributed by atoms with Crippen LogP contribution < -0.4 is 0 Å². The lowest BCUT2D eigenvalue weighted by atomic mass is 10.1. The zero-order valence-electron chi connectivity index (χ0n) is 17.3. The Kier molecular flexibility index (Phi) is 6.07. The molecule has 30 heavy (non-hydrogen) atoms. The maximum absolute atomic E-state index is 13.0. The van der Waals surface area contributed by atoms with Gasteiger partial charge in [0.05, 0.1) is 6.54 Å². The molecule has 0 N–H and O–H groups in total. The van der Waals surface area contributed by atoms with Crippen molar-refractivity contribution in [2.45, 2.75) is 19.5 Å². The lowest BCUT2D eigenvalue weighted by Gasteiger charge is -2.26. The van der Waals surface area contributed by atoms with E-state index in [-0.39, 0.29) is 5.91 Å². The standard InChI is InChI=1S/C25H25ClN2O2/c1-27(2)17-22-15-21-16-28(14-13-24(21)30-22)25(29)20-11-8-18(9-12-20)7-10-19-5-3-4-6-23(19)26/h3-12,15H,13-14,16-17H2,1-2H3. The number of amides is 1. The number of carbonyl (C=O) groups is 1. The average Bonchev–Trinajstić information content (AvgIpc) is 3.13. The SMILES string of the molecule is CN(C)Cc1cc2c(o1)CCN(C(=O)c1ccc(C=Cc3ccccc3Cl)cc1)C2. The van der Waals surface area contributed by atoms with Crippen molar-refractivity contribution in [1.29, 1.82) is 0 Å². The van der Waals surface area contributed by atoms with Crippen LogP contribution in [0.2, 0.25) is 5.02 Å². The molecule has 0 bridgehead atoms. The minimum absolute atomic E-state index is 0.0534. The number of rotatable bonds is 5. The summed E-state index contributed by atoms with van der Waals surface area (Å²) in [5.41, 5.74) is 3.81. The third-order valence-electron chi connectivity index (χ3n) is 5.20. The van der Waals surface area contributed by atoms with Gasteiger partial charge < -0.3 is 14.2 Å². The molecule has 0 spiro atoms. The second-order valence-corrected chi connectivity index (χ2v) is 8.26. The summed E-state index contributed by atoms with van der Waals surface area (Å²) in [5.74, 6) is 2.02. The Morgan fingerprint density at radius 3 is 2.63 bits per heavy atom. The largest absolute Gasteiger partial charge is 0.464 e. The second-order valence-electron chi connectivity index (χ2n) is 7.85. The quantitative estimate of drug-likeness (QED) is 0.521. The molecule has 2 aromatic carbocycles. The van der Waals surface area contributed by atoms with Crippen molar-refractivity contribution >= 4 is 29.7 Å². The van der Waals surface area contributed by atoms with Gasteiger partial charge in [0.25, 0.3) is 5.91 Å². The molecule has 5 heteroatoms. The molecule has 4 nitrogen and oxygen atoms in total. The van der Waals surface area contributed by atoms with Crippen LogP contribution in [0, 0.1) is 0 Å². The molecule has 0 saturated heterocycles. The molecular formula is C25H25ClN2O2. The van der Waals surface area contributed by atoms with Gasteiger partial charge in [0, 0.05) is 35.7 Å². The lowest BCUT2D eigenvalue weighted by molar-refractivity contribution is 0.0729. The first-order valence-corrected chi connectivity index (χ1v) is 10.4. The van der Waals surface area contributed by atoms with Gasteiger partial charge in [-0.05, 0) is 49.5 Å². The average molecular weight is 421 g/mol. The fourth-order valence-electron chi connectivity index (χ4n) is 3.67. The molecule has 0 saturated carbocycles. The summed E-state index contributed by atoms with van der Waals surface area (Å²) in [6.45, 7) is 2.04. The summed E-state index contributed by atoms with van der Waals surface area (Å²) in [5, 5.41) is 0.720. The fraction of sp³-hybridized carbons (Fsp3) is 0.240. The van der Waals surface area contributed by atoms with Crippen LogP contribution in [0.15, 0.2) is 59.0 Å². The Bertz CT molecular complexity index is 1070. The van der Waals surface area contributed by atoms with Crippen molar-refractivity contribution in [2.75, 3.05) is 20.6 Å². The van der Waals surface area contributed by atoms with Crippen LogP contribution >= 0.6 is 11.6 Å². The van der Waals surface area contributed by atoms with E-state index in [1.165, 1.54) is 0 Å². The highest BCUT2D eigenvalue weighted by Gasteiger charge is 2.25. The fourth-order valence-corrected chi connectivity index (χ4v) is 3.87. The summed E-state index contributed by atoms with van der Waals surface area (Å²) < 4.78 is 5.94. The molecule has 4 rings (SSSR count). The molecule has 1 aromatic heterocycles. The van der Waals surface area contributed by atoms with Gasteiger partial charge in [0.2, 0.25) is 0 Å². The van der Waals surface area contributed by atoms with Crippen LogP contribution in [0.4, 0.5) is 0 Å². The molecular weight excluding hydrogens is 396 g/mol. The predicted molar refractivity (Wildman–Crippen MR) is 121 cm³/mol. The first-order valence-electron chi connectivity index (χ1n) is 10.1. The van der Waals surface area contributed by atoms with Crippen LogP contribution in [-0.4, -0.2) is 36.3 Å². The monoisotopic (exact) mass is 420 g/mol. The summed E-state index contributed by atoms with van der Waals surface area (Å²) >= 11 is 6.19. The van der Waals surface area contributed by atoms with Crippen molar-refractivity contribution in [3.8, 4) is 0 Å². The number of hydrogen-bond acceptors (Lipinski definition) is 3. The number of halogens is 1. The molecule has 0 unspecified atom stereocenters. The first kappa shape index (κ1) is 20.5. The van der Waals surface area contributed by atoms with Gasteiger partial charge in [0.1, 0.15) is 11.5 Å². The number of carbonyl (C=O) groups excluding carboxylic acids is 1. The van der Waals surface area contributed by atoms with Crippen LogP contribution in [0.1, 0.15) is 38.6 Å². The van der Waals surface area contributed by atoms with E-state index < -0.39 is 0 Å². The molecule has 1 amide bonds. The van der Waals surface area contributed by atoms with Crippen LogP contribution in [0.5, 0.6) is 0 Å². The molecule has 0 radical (unpaired) electrons. The molecule has 0 fully saturated rings. The molecule has 1 aliphatic rings. The van der Waals surface area contributed by atoms with Gasteiger partial charge in [0.15, 0.2) is 0 Å². The van der Waals surface area contributed by atoms with Gasteiger partial charge in [-0.2, -0.15) is 0 Å². The molecule has 1 aliphatic heterocycles. The first-order chi connectivity index (χ1) is 14.5. The Labute approximate surface area is 182 Å². The van der Waals surface area contributed by atoms with E-state index in [9.17, 15) is 4.79 Å². The molecule has 2 heterocycles. The zero-order chi connectivity index (χ0) is 21.1. The van der Waals surface area contributed by atoms with E-state index in [4.69, 9.17) is 16.0 Å². The number of hydrogen-bond donors (Lipinski definition) is 0. The smallest absolute Gasteiger partial charge is 0.254 e. The maximum Gasteiger partial charge on any atom is 0.254 e. The molecule has 3 aromatic rings. The van der Waals surface area contributed by atoms with E-state index >= 15 is 0 Å². The van der Waals surface area contributed by atoms with E-state index in [1.807, 2.05) is 79.7 Å². The lowest BCUT2D eigenvalue weighted by Crippen LogP contribution is -2.35. The van der Waals surface area contributed by atoms with Crippen LogP contribution in [0.3, 0.4) is 0 Å². The minimum Gasteiger partial charge on any atom is -0.464 e. The van der Waals surface area contributed by atoms with Crippen LogP contribution in [-0.2, 0) is 19.5 Å².